The van der Waals surface area contributed by atoms with Gasteiger partial charge in [-0.05, 0) is 24.7 Å². The fraction of sp³-hybridized carbons (Fsp3) is 0.875. The molecule has 2 fully saturated rings. The van der Waals surface area contributed by atoms with E-state index in [1.165, 1.54) is 12.8 Å². The summed E-state index contributed by atoms with van der Waals surface area (Å²) in [6.45, 7) is 4.00. The number of carboxylic acids is 2. The second-order valence-electron chi connectivity index (χ2n) is 6.37. The molecule has 0 spiro atoms. The number of hydrogen-bond acceptors (Lipinski definition) is 4. The Balaban J connectivity index is 0.000000364. The van der Waals surface area contributed by atoms with E-state index in [0.29, 0.717) is 11.8 Å². The predicted molar refractivity (Wildman–Crippen MR) is 72.3 cm³/mol. The van der Waals surface area contributed by atoms with Crippen LogP contribution < -0.4 is 10.2 Å². The van der Waals surface area contributed by atoms with Crippen molar-refractivity contribution in [3.05, 3.63) is 0 Å². The Morgan fingerprint density at radius 2 is 1.00 bits per heavy atom. The summed E-state index contributed by atoms with van der Waals surface area (Å²) in [7, 11) is 0. The van der Waals surface area contributed by atoms with Crippen LogP contribution in [0.3, 0.4) is 0 Å². The molecule has 4 unspecified atom stereocenters. The van der Waals surface area contributed by atoms with Crippen LogP contribution in [0.5, 0.6) is 0 Å². The molecule has 116 valence electrons. The maximum atomic E-state index is 10.5. The maximum absolute atomic E-state index is 10.5. The van der Waals surface area contributed by atoms with Gasteiger partial charge in [0.15, 0.2) is 0 Å². The van der Waals surface area contributed by atoms with Crippen LogP contribution in [0.25, 0.3) is 0 Å². The zero-order valence-corrected chi connectivity index (χ0v) is 16.3. The molecule has 2 aliphatic rings. The maximum Gasteiger partial charge on any atom is 2.00 e. The Labute approximate surface area is 140 Å². The first kappa shape index (κ1) is 20.6. The standard InChI is InChI=1S/2C8H14O2.Zn/c2*1-6-4-2-3-5-7(6)8(9)10;/h2*6-7H,2-5H2,1H3,(H,9,10);/q;;+2/p-2. The molecular weight excluding hydrogens is 322 g/mol. The molecule has 4 nitrogen and oxygen atoms in total. The van der Waals surface area contributed by atoms with Crippen LogP contribution in [0.2, 0.25) is 0 Å². The van der Waals surface area contributed by atoms with Crippen LogP contribution in [0, 0.1) is 23.7 Å². The van der Waals surface area contributed by atoms with Gasteiger partial charge in [-0.25, -0.2) is 0 Å². The molecule has 2 aliphatic carbocycles. The number of carbonyl (C=O) groups is 2. The van der Waals surface area contributed by atoms with Crippen LogP contribution in [-0.4, -0.2) is 11.9 Å². The second kappa shape index (κ2) is 10.3. The van der Waals surface area contributed by atoms with Crippen LogP contribution in [-0.2, 0) is 29.1 Å². The van der Waals surface area contributed by atoms with Gasteiger partial charge in [-0.1, -0.05) is 52.4 Å². The van der Waals surface area contributed by atoms with E-state index in [1.807, 2.05) is 13.8 Å². The van der Waals surface area contributed by atoms with Crippen molar-refractivity contribution in [1.29, 1.82) is 0 Å². The van der Waals surface area contributed by atoms with Gasteiger partial charge in [0, 0.05) is 23.8 Å². The summed E-state index contributed by atoms with van der Waals surface area (Å²) in [5.74, 6) is -1.39. The Kier molecular flexibility index (Phi) is 10.1. The van der Waals surface area contributed by atoms with E-state index in [2.05, 4.69) is 0 Å². The SMILES string of the molecule is CC1CCCCC1C(=O)[O-].CC1CCCCC1C(=O)[O-].[Zn+2]. The Bertz CT molecular complexity index is 300. The minimum Gasteiger partial charge on any atom is -0.550 e. The van der Waals surface area contributed by atoms with Crippen LogP contribution in [0.4, 0.5) is 0 Å². The van der Waals surface area contributed by atoms with Crippen molar-refractivity contribution in [3.63, 3.8) is 0 Å². The number of aliphatic carboxylic acids is 2. The quantitative estimate of drug-likeness (QED) is 0.701. The smallest absolute Gasteiger partial charge is 0.550 e. The Morgan fingerprint density at radius 1 is 0.714 bits per heavy atom. The Hall–Kier alpha value is -0.437. The fourth-order valence-electron chi connectivity index (χ4n) is 3.33. The van der Waals surface area contributed by atoms with E-state index < -0.39 is 11.9 Å². The molecule has 0 bridgehead atoms. The predicted octanol–water partition coefficient (Wildman–Crippen LogP) is 1.12. The molecule has 2 saturated carbocycles. The number of hydrogen-bond donors (Lipinski definition) is 0. The normalized spacial score (nSPS) is 32.1. The summed E-state index contributed by atoms with van der Waals surface area (Å²) >= 11 is 0. The largest absolute Gasteiger partial charge is 2.00 e. The van der Waals surface area contributed by atoms with Gasteiger partial charge in [-0.2, -0.15) is 0 Å². The van der Waals surface area contributed by atoms with Crippen molar-refractivity contribution in [2.75, 3.05) is 0 Å². The van der Waals surface area contributed by atoms with Crippen LogP contribution in [0.1, 0.15) is 65.2 Å². The minimum absolute atomic E-state index is 0. The van der Waals surface area contributed by atoms with Gasteiger partial charge in [-0.15, -0.1) is 0 Å². The van der Waals surface area contributed by atoms with E-state index in [4.69, 9.17) is 0 Å². The van der Waals surface area contributed by atoms with Crippen LogP contribution in [0.15, 0.2) is 0 Å². The van der Waals surface area contributed by atoms with Gasteiger partial charge in [0.25, 0.3) is 0 Å². The van der Waals surface area contributed by atoms with Crippen molar-refractivity contribution in [2.45, 2.75) is 65.2 Å². The third-order valence-electron chi connectivity index (χ3n) is 4.83. The van der Waals surface area contributed by atoms with Crippen molar-refractivity contribution >= 4 is 11.9 Å². The molecule has 0 N–H and O–H groups in total. The van der Waals surface area contributed by atoms with Gasteiger partial charge in [0.05, 0.1) is 0 Å². The molecule has 0 heterocycles. The molecule has 0 aliphatic heterocycles. The molecule has 0 saturated heterocycles. The minimum atomic E-state index is -0.854. The number of carboxylic acid groups (broad SMARTS) is 2. The Morgan fingerprint density at radius 3 is 1.19 bits per heavy atom. The van der Waals surface area contributed by atoms with Gasteiger partial charge in [-0.3, -0.25) is 0 Å². The fourth-order valence-corrected chi connectivity index (χ4v) is 3.33. The summed E-state index contributed by atoms with van der Waals surface area (Å²) in [6.07, 6.45) is 8.24. The first-order valence-corrected chi connectivity index (χ1v) is 7.85. The van der Waals surface area contributed by atoms with E-state index >= 15 is 0 Å². The molecule has 4 atom stereocenters. The monoisotopic (exact) mass is 346 g/mol. The molecule has 0 aromatic carbocycles. The van der Waals surface area contributed by atoms with E-state index in [0.717, 1.165) is 38.5 Å². The van der Waals surface area contributed by atoms with Crippen LogP contribution >= 0.6 is 0 Å². The third kappa shape index (κ3) is 6.90. The van der Waals surface area contributed by atoms with E-state index in [9.17, 15) is 19.8 Å². The van der Waals surface area contributed by atoms with Crippen molar-refractivity contribution in [1.82, 2.24) is 0 Å². The summed E-state index contributed by atoms with van der Waals surface area (Å²) in [5.41, 5.74) is 0. The molecule has 0 radical (unpaired) electrons. The first-order chi connectivity index (χ1) is 9.43. The molecule has 5 heteroatoms. The molecular formula is C16H26O4Zn. The zero-order valence-electron chi connectivity index (χ0n) is 13.3. The van der Waals surface area contributed by atoms with E-state index in [-0.39, 0.29) is 31.3 Å². The average Bonchev–Trinajstić information content (AvgIpc) is 2.40. The van der Waals surface area contributed by atoms with Gasteiger partial charge in [0.2, 0.25) is 0 Å². The molecule has 2 rings (SSSR count). The van der Waals surface area contributed by atoms with Gasteiger partial charge >= 0.3 is 19.5 Å². The second-order valence-corrected chi connectivity index (χ2v) is 6.37. The number of rotatable bonds is 2. The topological polar surface area (TPSA) is 80.3 Å². The van der Waals surface area contributed by atoms with Gasteiger partial charge in [0.1, 0.15) is 0 Å². The molecule has 0 aromatic rings. The van der Waals surface area contributed by atoms with Gasteiger partial charge < -0.3 is 19.8 Å². The molecule has 0 amide bonds. The van der Waals surface area contributed by atoms with Crippen molar-refractivity contribution < 1.29 is 39.3 Å². The summed E-state index contributed by atoms with van der Waals surface area (Å²) in [5, 5.41) is 20.9. The first-order valence-electron chi connectivity index (χ1n) is 7.85. The summed E-state index contributed by atoms with van der Waals surface area (Å²) < 4.78 is 0. The summed E-state index contributed by atoms with van der Waals surface area (Å²) in [6, 6.07) is 0. The number of carbonyl (C=O) groups excluding carboxylic acids is 2. The zero-order chi connectivity index (χ0) is 15.1. The summed E-state index contributed by atoms with van der Waals surface area (Å²) in [4.78, 5) is 20.9. The van der Waals surface area contributed by atoms with E-state index in [1.54, 1.807) is 0 Å². The molecule has 0 aromatic heterocycles. The van der Waals surface area contributed by atoms with Crippen molar-refractivity contribution in [2.24, 2.45) is 23.7 Å². The third-order valence-corrected chi connectivity index (χ3v) is 4.83. The molecule has 21 heavy (non-hydrogen) atoms. The average molecular weight is 348 g/mol. The van der Waals surface area contributed by atoms with Crippen molar-refractivity contribution in [3.8, 4) is 0 Å².